The molecule has 0 bridgehead atoms. The lowest BCUT2D eigenvalue weighted by Gasteiger charge is -2.18. The molecule has 1 aromatic carbocycles. The summed E-state index contributed by atoms with van der Waals surface area (Å²) in [4.78, 5) is 33.2. The molecule has 0 aliphatic carbocycles. The molecule has 2 amide bonds. The van der Waals surface area contributed by atoms with E-state index in [4.69, 9.17) is 4.74 Å². The zero-order valence-corrected chi connectivity index (χ0v) is 17.0. The Morgan fingerprint density at radius 1 is 1.07 bits per heavy atom. The number of methoxy groups -OCH3 is 1. The van der Waals surface area contributed by atoms with Gasteiger partial charge in [-0.05, 0) is 44.5 Å². The minimum Gasteiger partial charge on any atom is -0.383 e. The van der Waals surface area contributed by atoms with E-state index in [-0.39, 0.29) is 23.0 Å². The monoisotopic (exact) mass is 424 g/mol. The van der Waals surface area contributed by atoms with Crippen LogP contribution < -0.4 is 10.6 Å². The van der Waals surface area contributed by atoms with Gasteiger partial charge < -0.3 is 15.4 Å². The smallest absolute Gasteiger partial charge is 0.383 e. The number of benzene rings is 1. The number of carbonyl (C=O) groups is 2. The molecule has 0 saturated carbocycles. The molecule has 0 fully saturated rings. The van der Waals surface area contributed by atoms with Crippen molar-refractivity contribution in [3.8, 4) is 0 Å². The van der Waals surface area contributed by atoms with Gasteiger partial charge in [0.15, 0.2) is 5.69 Å². The lowest BCUT2D eigenvalue weighted by Crippen LogP contribution is -2.37. The van der Waals surface area contributed by atoms with Crippen molar-refractivity contribution in [1.29, 1.82) is 0 Å². The largest absolute Gasteiger partial charge is 0.416 e. The molecule has 0 radical (unpaired) electrons. The van der Waals surface area contributed by atoms with Crippen molar-refractivity contribution in [2.45, 2.75) is 39.0 Å². The molecule has 0 aliphatic heterocycles. The summed E-state index contributed by atoms with van der Waals surface area (Å²) >= 11 is 0. The second-order valence-electron chi connectivity index (χ2n) is 6.90. The molecule has 2 atom stereocenters. The van der Waals surface area contributed by atoms with Gasteiger partial charge in [-0.25, -0.2) is 4.98 Å². The van der Waals surface area contributed by atoms with Crippen LogP contribution in [0, 0.1) is 6.92 Å². The summed E-state index contributed by atoms with van der Waals surface area (Å²) in [6.07, 6.45) is -1.87. The predicted molar refractivity (Wildman–Crippen MR) is 103 cm³/mol. The average Bonchev–Trinajstić information content (AvgIpc) is 2.66. The Morgan fingerprint density at radius 3 is 2.37 bits per heavy atom. The molecule has 30 heavy (non-hydrogen) atoms. The van der Waals surface area contributed by atoms with E-state index in [0.717, 1.165) is 12.1 Å². The van der Waals surface area contributed by atoms with Gasteiger partial charge in [0, 0.05) is 31.1 Å². The van der Waals surface area contributed by atoms with Crippen LogP contribution >= 0.6 is 0 Å². The number of carbonyl (C=O) groups excluding carboxylic acids is 2. The van der Waals surface area contributed by atoms with Crippen LogP contribution in [0.25, 0.3) is 0 Å². The highest BCUT2D eigenvalue weighted by Crippen LogP contribution is 2.30. The summed E-state index contributed by atoms with van der Waals surface area (Å²) in [5, 5.41) is 5.28. The van der Waals surface area contributed by atoms with Crippen molar-refractivity contribution in [1.82, 2.24) is 20.6 Å². The van der Waals surface area contributed by atoms with Crippen molar-refractivity contribution in [3.05, 3.63) is 58.7 Å². The van der Waals surface area contributed by atoms with Crippen LogP contribution in [0.2, 0.25) is 0 Å². The maximum Gasteiger partial charge on any atom is 0.416 e. The number of nitrogens with one attached hydrogen (secondary N) is 2. The van der Waals surface area contributed by atoms with Gasteiger partial charge in [-0.2, -0.15) is 13.2 Å². The second-order valence-corrected chi connectivity index (χ2v) is 6.90. The Hall–Kier alpha value is -3.01. The van der Waals surface area contributed by atoms with Gasteiger partial charge in [-0.3, -0.25) is 14.6 Å². The lowest BCUT2D eigenvalue weighted by molar-refractivity contribution is -0.137. The molecular formula is C20H23F3N4O3. The number of amides is 2. The Kier molecular flexibility index (Phi) is 7.49. The Balaban J connectivity index is 2.23. The van der Waals surface area contributed by atoms with E-state index in [2.05, 4.69) is 20.6 Å². The van der Waals surface area contributed by atoms with Crippen LogP contribution in [0.1, 0.15) is 57.6 Å². The highest BCUT2D eigenvalue weighted by molar-refractivity contribution is 5.96. The molecule has 2 unspecified atom stereocenters. The van der Waals surface area contributed by atoms with Crippen molar-refractivity contribution in [2.75, 3.05) is 13.7 Å². The third-order valence-corrected chi connectivity index (χ3v) is 4.16. The first kappa shape index (κ1) is 23.3. The molecule has 2 rings (SSSR count). The van der Waals surface area contributed by atoms with Gasteiger partial charge in [-0.1, -0.05) is 0 Å². The summed E-state index contributed by atoms with van der Waals surface area (Å²) < 4.78 is 44.1. The van der Waals surface area contributed by atoms with E-state index in [1.54, 1.807) is 13.8 Å². The highest BCUT2D eigenvalue weighted by Gasteiger charge is 2.31. The van der Waals surface area contributed by atoms with Crippen molar-refractivity contribution >= 4 is 11.8 Å². The first-order chi connectivity index (χ1) is 14.0. The zero-order chi connectivity index (χ0) is 22.5. The molecule has 2 N–H and O–H groups in total. The topological polar surface area (TPSA) is 93.2 Å². The number of nitrogens with zero attached hydrogens (tertiary/aromatic N) is 2. The van der Waals surface area contributed by atoms with Gasteiger partial charge in [0.05, 0.1) is 23.9 Å². The minimum absolute atomic E-state index is 0.00785. The molecule has 1 aromatic heterocycles. The highest BCUT2D eigenvalue weighted by atomic mass is 19.4. The molecular weight excluding hydrogens is 401 g/mol. The molecule has 2 aromatic rings. The van der Waals surface area contributed by atoms with Crippen LogP contribution in [0.5, 0.6) is 0 Å². The number of halogens is 3. The summed E-state index contributed by atoms with van der Waals surface area (Å²) in [6, 6.07) is 2.04. The third-order valence-electron chi connectivity index (χ3n) is 4.16. The normalized spacial score (nSPS) is 13.4. The molecule has 1 heterocycles. The number of aromatic nitrogens is 2. The summed E-state index contributed by atoms with van der Waals surface area (Å²) in [5.74, 6) is -1.22. The lowest BCUT2D eigenvalue weighted by atomic mass is 10.0. The van der Waals surface area contributed by atoms with Crippen molar-refractivity contribution in [2.24, 2.45) is 0 Å². The quantitative estimate of drug-likeness (QED) is 0.713. The fraction of sp³-hybridized carbons (Fsp3) is 0.400. The maximum absolute atomic E-state index is 13.0. The number of ether oxygens (including phenoxy) is 1. The van der Waals surface area contributed by atoms with E-state index in [9.17, 15) is 22.8 Å². The number of rotatable bonds is 7. The van der Waals surface area contributed by atoms with Gasteiger partial charge in [0.1, 0.15) is 0 Å². The molecule has 0 saturated heterocycles. The van der Waals surface area contributed by atoms with E-state index >= 15 is 0 Å². The molecule has 0 aliphatic rings. The van der Waals surface area contributed by atoms with Crippen LogP contribution in [-0.2, 0) is 10.9 Å². The van der Waals surface area contributed by atoms with E-state index in [1.807, 2.05) is 0 Å². The number of hydrogen-bond acceptors (Lipinski definition) is 5. The summed E-state index contributed by atoms with van der Waals surface area (Å²) in [7, 11) is 1.50. The van der Waals surface area contributed by atoms with Gasteiger partial charge in [0.2, 0.25) is 0 Å². The number of alkyl halides is 3. The minimum atomic E-state index is -4.57. The SMILES string of the molecule is COCC(C)NC(=O)c1nccnc1C(C)NC(=O)c1cc(C)cc(C(F)(F)F)c1. The fourth-order valence-electron chi connectivity index (χ4n) is 2.85. The zero-order valence-electron chi connectivity index (χ0n) is 17.0. The Bertz CT molecular complexity index is 918. The van der Waals surface area contributed by atoms with Crippen LogP contribution in [0.4, 0.5) is 13.2 Å². The maximum atomic E-state index is 13.0. The first-order valence-electron chi connectivity index (χ1n) is 9.13. The Morgan fingerprint density at radius 2 is 1.73 bits per heavy atom. The van der Waals surface area contributed by atoms with Gasteiger partial charge in [-0.15, -0.1) is 0 Å². The average molecular weight is 424 g/mol. The van der Waals surface area contributed by atoms with E-state index in [0.29, 0.717) is 12.2 Å². The number of hydrogen-bond donors (Lipinski definition) is 2. The van der Waals surface area contributed by atoms with Gasteiger partial charge >= 0.3 is 6.18 Å². The van der Waals surface area contributed by atoms with Crippen molar-refractivity contribution in [3.63, 3.8) is 0 Å². The molecule has 7 nitrogen and oxygen atoms in total. The first-order valence-corrected chi connectivity index (χ1v) is 9.13. The van der Waals surface area contributed by atoms with Crippen LogP contribution in [-0.4, -0.2) is 41.5 Å². The third kappa shape index (κ3) is 5.99. The number of aryl methyl sites for hydroxylation is 1. The van der Waals surface area contributed by atoms with Crippen LogP contribution in [0.3, 0.4) is 0 Å². The molecule has 162 valence electrons. The summed E-state index contributed by atoms with van der Waals surface area (Å²) in [6.45, 7) is 5.08. The Labute approximate surface area is 172 Å². The van der Waals surface area contributed by atoms with Crippen LogP contribution in [0.15, 0.2) is 30.6 Å². The summed E-state index contributed by atoms with van der Waals surface area (Å²) in [5.41, 5.74) is -0.552. The van der Waals surface area contributed by atoms with Gasteiger partial charge in [0.25, 0.3) is 11.8 Å². The van der Waals surface area contributed by atoms with E-state index < -0.39 is 29.6 Å². The molecule has 10 heteroatoms. The second kappa shape index (κ2) is 9.66. The predicted octanol–water partition coefficient (Wildman–Crippen LogP) is 3.06. The standard InChI is InChI=1S/C20H23F3N4O3/c1-11-7-14(9-15(8-11)20(21,22)23)18(28)27-13(3)16-17(25-6-5-24-16)19(29)26-12(2)10-30-4/h5-9,12-13H,10H2,1-4H3,(H,26,29)(H,27,28). The van der Waals surface area contributed by atoms with E-state index in [1.165, 1.54) is 32.5 Å². The molecule has 0 spiro atoms. The fourth-order valence-corrected chi connectivity index (χ4v) is 2.85. The van der Waals surface area contributed by atoms with Crippen molar-refractivity contribution < 1.29 is 27.5 Å².